The van der Waals surface area contributed by atoms with Crippen molar-refractivity contribution in [2.24, 2.45) is 0 Å². The van der Waals surface area contributed by atoms with Crippen molar-refractivity contribution in [2.75, 3.05) is 17.2 Å². The number of anilines is 2. The summed E-state index contributed by atoms with van der Waals surface area (Å²) in [6, 6.07) is 22.1. The number of rotatable bonds is 7. The van der Waals surface area contributed by atoms with Crippen molar-refractivity contribution in [1.82, 2.24) is 5.32 Å². The molecule has 0 aliphatic heterocycles. The smallest absolute Gasteiger partial charge is 0.251 e. The van der Waals surface area contributed by atoms with Gasteiger partial charge in [0.15, 0.2) is 0 Å². The van der Waals surface area contributed by atoms with E-state index in [-0.39, 0.29) is 18.4 Å². The number of halogens is 1. The molecule has 29 heavy (non-hydrogen) atoms. The van der Waals surface area contributed by atoms with Crippen LogP contribution < -0.4 is 16.0 Å². The van der Waals surface area contributed by atoms with Crippen LogP contribution in [0.3, 0.4) is 0 Å². The third-order valence-electron chi connectivity index (χ3n) is 4.33. The maximum Gasteiger partial charge on any atom is 0.251 e. The fraction of sp³-hybridized carbons (Fsp3) is 0.130. The molecule has 0 aromatic heterocycles. The molecule has 3 rings (SSSR count). The van der Waals surface area contributed by atoms with Crippen LogP contribution in [0.1, 0.15) is 21.5 Å². The Balaban J connectivity index is 1.53. The lowest BCUT2D eigenvalue weighted by molar-refractivity contribution is -0.114. The Morgan fingerprint density at radius 1 is 0.897 bits per heavy atom. The number of hydrogen-bond donors (Lipinski definition) is 3. The molecule has 0 radical (unpaired) electrons. The first-order valence-electron chi connectivity index (χ1n) is 9.23. The van der Waals surface area contributed by atoms with Gasteiger partial charge in [0.2, 0.25) is 5.91 Å². The average Bonchev–Trinajstić information content (AvgIpc) is 2.74. The minimum Gasteiger partial charge on any atom is -0.376 e. The number of hydrogen-bond acceptors (Lipinski definition) is 3. The van der Waals surface area contributed by atoms with Crippen molar-refractivity contribution in [3.63, 3.8) is 0 Å². The molecule has 2 amide bonds. The van der Waals surface area contributed by atoms with Crippen molar-refractivity contribution in [1.29, 1.82) is 0 Å². The van der Waals surface area contributed by atoms with Gasteiger partial charge in [0, 0.05) is 28.5 Å². The molecule has 0 fully saturated rings. The number of nitrogens with one attached hydrogen (secondary N) is 3. The molecule has 6 heteroatoms. The number of carbonyl (C=O) groups is 2. The molecule has 3 aromatic carbocycles. The highest BCUT2D eigenvalue weighted by Crippen LogP contribution is 2.19. The van der Waals surface area contributed by atoms with E-state index in [9.17, 15) is 9.59 Å². The molecule has 5 nitrogen and oxygen atoms in total. The summed E-state index contributed by atoms with van der Waals surface area (Å²) < 4.78 is 0. The zero-order chi connectivity index (χ0) is 20.6. The molecular formula is C23H22ClN3O2. The van der Waals surface area contributed by atoms with Crippen LogP contribution in [-0.2, 0) is 11.3 Å². The first-order valence-corrected chi connectivity index (χ1v) is 9.61. The molecule has 0 bridgehead atoms. The van der Waals surface area contributed by atoms with Gasteiger partial charge in [-0.1, -0.05) is 54.1 Å². The van der Waals surface area contributed by atoms with Crippen LogP contribution in [0.25, 0.3) is 0 Å². The first-order chi connectivity index (χ1) is 14.0. The molecule has 0 unspecified atom stereocenters. The van der Waals surface area contributed by atoms with Gasteiger partial charge in [-0.3, -0.25) is 9.59 Å². The molecule has 0 atom stereocenters. The molecule has 0 heterocycles. The molecule has 3 aromatic rings. The predicted octanol–water partition coefficient (Wildman–Crippen LogP) is 4.63. The zero-order valence-corrected chi connectivity index (χ0v) is 16.8. The van der Waals surface area contributed by atoms with Crippen LogP contribution in [-0.4, -0.2) is 18.4 Å². The summed E-state index contributed by atoms with van der Waals surface area (Å²) in [5.41, 5.74) is 3.81. The van der Waals surface area contributed by atoms with Gasteiger partial charge < -0.3 is 16.0 Å². The molecule has 0 saturated heterocycles. The van der Waals surface area contributed by atoms with Gasteiger partial charge in [-0.2, -0.15) is 0 Å². The maximum atomic E-state index is 12.4. The van der Waals surface area contributed by atoms with Gasteiger partial charge >= 0.3 is 0 Å². The Morgan fingerprint density at radius 2 is 1.69 bits per heavy atom. The Hall–Kier alpha value is -3.31. The summed E-state index contributed by atoms with van der Waals surface area (Å²) in [7, 11) is 0. The van der Waals surface area contributed by atoms with E-state index in [1.54, 1.807) is 30.3 Å². The molecule has 0 spiro atoms. The lowest BCUT2D eigenvalue weighted by atomic mass is 10.1. The van der Waals surface area contributed by atoms with E-state index >= 15 is 0 Å². The molecule has 3 N–H and O–H groups in total. The predicted molar refractivity (Wildman–Crippen MR) is 117 cm³/mol. The summed E-state index contributed by atoms with van der Waals surface area (Å²) in [5.74, 6) is -0.416. The number of amides is 2. The van der Waals surface area contributed by atoms with Crippen LogP contribution in [0.2, 0.25) is 5.02 Å². The van der Waals surface area contributed by atoms with E-state index in [4.69, 9.17) is 11.6 Å². The average molecular weight is 408 g/mol. The SMILES string of the molecule is Cc1ccc(NCC(=O)Nc2cccc(C(=O)NCc3ccccc3)c2)cc1Cl. The third-order valence-corrected chi connectivity index (χ3v) is 4.74. The third kappa shape index (κ3) is 6.09. The van der Waals surface area contributed by atoms with Crippen LogP contribution in [0, 0.1) is 6.92 Å². The van der Waals surface area contributed by atoms with Gasteiger partial charge in [0.1, 0.15) is 0 Å². The van der Waals surface area contributed by atoms with Crippen molar-refractivity contribution < 1.29 is 9.59 Å². The lowest BCUT2D eigenvalue weighted by Crippen LogP contribution is -2.24. The van der Waals surface area contributed by atoms with E-state index in [1.807, 2.05) is 49.4 Å². The maximum absolute atomic E-state index is 12.4. The standard InChI is InChI=1S/C23H22ClN3O2/c1-16-10-11-19(13-21(16)24)25-15-22(28)27-20-9-5-8-18(12-20)23(29)26-14-17-6-3-2-4-7-17/h2-13,25H,14-15H2,1H3,(H,26,29)(H,27,28). The van der Waals surface area contributed by atoms with Crippen LogP contribution in [0.4, 0.5) is 11.4 Å². The summed E-state index contributed by atoms with van der Waals surface area (Å²) in [6.45, 7) is 2.45. The van der Waals surface area contributed by atoms with E-state index in [0.29, 0.717) is 22.8 Å². The Bertz CT molecular complexity index is 1010. The first kappa shape index (κ1) is 20.4. The fourth-order valence-electron chi connectivity index (χ4n) is 2.71. The molecule has 0 aliphatic rings. The van der Waals surface area contributed by atoms with Gasteiger partial charge in [-0.15, -0.1) is 0 Å². The van der Waals surface area contributed by atoms with Crippen molar-refractivity contribution >= 4 is 34.8 Å². The number of aryl methyl sites for hydroxylation is 1. The van der Waals surface area contributed by atoms with E-state index in [0.717, 1.165) is 16.8 Å². The summed E-state index contributed by atoms with van der Waals surface area (Å²) in [5, 5.41) is 9.34. The van der Waals surface area contributed by atoms with Crippen LogP contribution in [0.15, 0.2) is 72.8 Å². The van der Waals surface area contributed by atoms with Crippen molar-refractivity contribution in [2.45, 2.75) is 13.5 Å². The second-order valence-electron chi connectivity index (χ2n) is 6.61. The highest BCUT2D eigenvalue weighted by molar-refractivity contribution is 6.31. The second-order valence-corrected chi connectivity index (χ2v) is 7.02. The van der Waals surface area contributed by atoms with Gasteiger partial charge in [0.05, 0.1) is 6.54 Å². The monoisotopic (exact) mass is 407 g/mol. The van der Waals surface area contributed by atoms with E-state index in [2.05, 4.69) is 16.0 Å². The molecular weight excluding hydrogens is 386 g/mol. The Kier molecular flexibility index (Phi) is 6.87. The molecule has 148 valence electrons. The van der Waals surface area contributed by atoms with Crippen molar-refractivity contribution in [3.8, 4) is 0 Å². The largest absolute Gasteiger partial charge is 0.376 e. The quantitative estimate of drug-likeness (QED) is 0.534. The highest BCUT2D eigenvalue weighted by Gasteiger charge is 2.08. The Morgan fingerprint density at radius 3 is 2.45 bits per heavy atom. The number of carbonyl (C=O) groups excluding carboxylic acids is 2. The highest BCUT2D eigenvalue weighted by atomic mass is 35.5. The van der Waals surface area contributed by atoms with Gasteiger partial charge in [-0.25, -0.2) is 0 Å². The van der Waals surface area contributed by atoms with Crippen LogP contribution >= 0.6 is 11.6 Å². The van der Waals surface area contributed by atoms with Crippen molar-refractivity contribution in [3.05, 3.63) is 94.5 Å². The second kappa shape index (κ2) is 9.75. The summed E-state index contributed by atoms with van der Waals surface area (Å²) >= 11 is 6.09. The van der Waals surface area contributed by atoms with E-state index in [1.165, 1.54) is 0 Å². The molecule has 0 aliphatic carbocycles. The minimum absolute atomic E-state index is 0.0871. The van der Waals surface area contributed by atoms with Crippen LogP contribution in [0.5, 0.6) is 0 Å². The molecule has 0 saturated carbocycles. The van der Waals surface area contributed by atoms with Gasteiger partial charge in [0.25, 0.3) is 5.91 Å². The summed E-state index contributed by atoms with van der Waals surface area (Å²) in [6.07, 6.45) is 0. The minimum atomic E-state index is -0.219. The zero-order valence-electron chi connectivity index (χ0n) is 16.0. The fourth-order valence-corrected chi connectivity index (χ4v) is 2.89. The lowest BCUT2D eigenvalue weighted by Gasteiger charge is -2.10. The normalized spacial score (nSPS) is 10.3. The topological polar surface area (TPSA) is 70.2 Å². The summed E-state index contributed by atoms with van der Waals surface area (Å²) in [4.78, 5) is 24.6. The van der Waals surface area contributed by atoms with E-state index < -0.39 is 0 Å². The number of benzene rings is 3. The Labute approximate surface area is 175 Å². The van der Waals surface area contributed by atoms with Gasteiger partial charge in [-0.05, 0) is 48.4 Å².